The minimum Gasteiger partial charge on any atom is -0.465 e. The molecule has 1 heterocycles. The fourth-order valence-electron chi connectivity index (χ4n) is 2.48. The second-order valence-corrected chi connectivity index (χ2v) is 5.06. The Bertz CT molecular complexity index is 472. The lowest BCUT2D eigenvalue weighted by molar-refractivity contribution is 0.0406. The van der Waals surface area contributed by atoms with E-state index < -0.39 is 11.8 Å². The van der Waals surface area contributed by atoms with E-state index in [1.807, 2.05) is 7.05 Å². The van der Waals surface area contributed by atoms with Gasteiger partial charge >= 0.3 is 5.97 Å². The molecule has 0 aromatic heterocycles. The summed E-state index contributed by atoms with van der Waals surface area (Å²) in [5, 5.41) is 0. The molecular weight excluding hydrogens is 261 g/mol. The third-order valence-electron chi connectivity index (χ3n) is 3.68. The molecular formula is C15H20FNO3. The Morgan fingerprint density at radius 2 is 2.15 bits per heavy atom. The molecule has 4 nitrogen and oxygen atoms in total. The summed E-state index contributed by atoms with van der Waals surface area (Å²) in [5.41, 5.74) is 0.828. The van der Waals surface area contributed by atoms with Gasteiger partial charge in [0.25, 0.3) is 0 Å². The summed E-state index contributed by atoms with van der Waals surface area (Å²) in [6.07, 6.45) is 2.00. The van der Waals surface area contributed by atoms with Crippen LogP contribution in [0.15, 0.2) is 18.2 Å². The lowest BCUT2D eigenvalue weighted by Crippen LogP contribution is -2.36. The third kappa shape index (κ3) is 3.55. The van der Waals surface area contributed by atoms with Gasteiger partial charge in [0, 0.05) is 25.8 Å². The van der Waals surface area contributed by atoms with E-state index in [0.29, 0.717) is 12.6 Å². The predicted molar refractivity (Wildman–Crippen MR) is 73.0 cm³/mol. The average molecular weight is 281 g/mol. The van der Waals surface area contributed by atoms with Crippen LogP contribution in [0.3, 0.4) is 0 Å². The normalized spacial score (nSPS) is 16.4. The van der Waals surface area contributed by atoms with Crippen LogP contribution < -0.4 is 0 Å². The van der Waals surface area contributed by atoms with Gasteiger partial charge in [0.2, 0.25) is 0 Å². The number of hydrogen-bond donors (Lipinski definition) is 0. The van der Waals surface area contributed by atoms with E-state index in [0.717, 1.165) is 31.6 Å². The highest BCUT2D eigenvalue weighted by Gasteiger charge is 2.19. The fraction of sp³-hybridized carbons (Fsp3) is 0.533. The zero-order valence-corrected chi connectivity index (χ0v) is 11.9. The van der Waals surface area contributed by atoms with E-state index in [4.69, 9.17) is 4.74 Å². The Hall–Kier alpha value is -1.46. The molecule has 1 aromatic rings. The van der Waals surface area contributed by atoms with Crippen LogP contribution in [0, 0.1) is 5.82 Å². The summed E-state index contributed by atoms with van der Waals surface area (Å²) in [7, 11) is 3.27. The maximum absolute atomic E-state index is 13.8. The van der Waals surface area contributed by atoms with Crippen LogP contribution in [-0.2, 0) is 16.0 Å². The number of nitrogens with zero attached hydrogens (tertiary/aromatic N) is 1. The van der Waals surface area contributed by atoms with Crippen LogP contribution in [-0.4, -0.2) is 44.3 Å². The van der Waals surface area contributed by atoms with Gasteiger partial charge in [-0.1, -0.05) is 6.07 Å². The number of esters is 1. The second kappa shape index (κ2) is 6.81. The largest absolute Gasteiger partial charge is 0.465 e. The topological polar surface area (TPSA) is 38.8 Å². The van der Waals surface area contributed by atoms with Gasteiger partial charge in [-0.3, -0.25) is 4.90 Å². The highest BCUT2D eigenvalue weighted by molar-refractivity contribution is 5.89. The van der Waals surface area contributed by atoms with Gasteiger partial charge in [0.05, 0.1) is 12.7 Å². The Morgan fingerprint density at radius 3 is 2.75 bits per heavy atom. The van der Waals surface area contributed by atoms with Gasteiger partial charge in [-0.15, -0.1) is 0 Å². The first kappa shape index (κ1) is 14.9. The molecule has 1 saturated heterocycles. The van der Waals surface area contributed by atoms with E-state index in [2.05, 4.69) is 9.64 Å². The molecule has 0 aliphatic carbocycles. The number of carbonyl (C=O) groups is 1. The van der Waals surface area contributed by atoms with Crippen LogP contribution >= 0.6 is 0 Å². The van der Waals surface area contributed by atoms with Crippen molar-refractivity contribution in [2.75, 3.05) is 27.4 Å². The van der Waals surface area contributed by atoms with Crippen LogP contribution in [0.2, 0.25) is 0 Å². The predicted octanol–water partition coefficient (Wildman–Crippen LogP) is 2.22. The Labute approximate surface area is 118 Å². The summed E-state index contributed by atoms with van der Waals surface area (Å²) >= 11 is 0. The van der Waals surface area contributed by atoms with E-state index in [1.54, 1.807) is 6.07 Å². The number of benzene rings is 1. The van der Waals surface area contributed by atoms with E-state index >= 15 is 0 Å². The average Bonchev–Trinajstić information content (AvgIpc) is 2.47. The summed E-state index contributed by atoms with van der Waals surface area (Å²) < 4.78 is 23.7. The number of halogens is 1. The molecule has 1 aliphatic rings. The lowest BCUT2D eigenvalue weighted by atomic mass is 10.1. The minimum absolute atomic E-state index is 0.0232. The van der Waals surface area contributed by atoms with Crippen molar-refractivity contribution >= 4 is 5.97 Å². The molecule has 5 heteroatoms. The highest BCUT2D eigenvalue weighted by atomic mass is 19.1. The molecule has 0 unspecified atom stereocenters. The summed E-state index contributed by atoms with van der Waals surface area (Å²) in [5.74, 6) is -1.18. The van der Waals surface area contributed by atoms with Gasteiger partial charge in [-0.25, -0.2) is 9.18 Å². The van der Waals surface area contributed by atoms with Gasteiger partial charge in [-0.2, -0.15) is 0 Å². The number of rotatable bonds is 4. The molecule has 1 fully saturated rings. The third-order valence-corrected chi connectivity index (χ3v) is 3.68. The van der Waals surface area contributed by atoms with Crippen molar-refractivity contribution in [1.82, 2.24) is 4.90 Å². The van der Waals surface area contributed by atoms with Gasteiger partial charge in [-0.05, 0) is 37.6 Å². The summed E-state index contributed by atoms with van der Waals surface area (Å²) in [6.45, 7) is 2.22. The van der Waals surface area contributed by atoms with E-state index in [-0.39, 0.29) is 5.56 Å². The van der Waals surface area contributed by atoms with Crippen LogP contribution in [0.25, 0.3) is 0 Å². The molecule has 0 atom stereocenters. The monoisotopic (exact) mass is 281 g/mol. The second-order valence-electron chi connectivity index (χ2n) is 5.06. The number of ether oxygens (including phenoxy) is 2. The van der Waals surface area contributed by atoms with Crippen molar-refractivity contribution in [3.05, 3.63) is 35.1 Å². The zero-order valence-electron chi connectivity index (χ0n) is 11.9. The quantitative estimate of drug-likeness (QED) is 0.793. The Balaban J connectivity index is 2.02. The van der Waals surface area contributed by atoms with Crippen molar-refractivity contribution < 1.29 is 18.7 Å². The molecule has 1 aliphatic heterocycles. The minimum atomic E-state index is -0.646. The molecule has 0 saturated carbocycles. The molecule has 0 radical (unpaired) electrons. The van der Waals surface area contributed by atoms with Crippen LogP contribution in [0.5, 0.6) is 0 Å². The molecule has 0 N–H and O–H groups in total. The van der Waals surface area contributed by atoms with Gasteiger partial charge in [0.1, 0.15) is 5.82 Å². The van der Waals surface area contributed by atoms with Crippen LogP contribution in [0.1, 0.15) is 28.8 Å². The lowest BCUT2D eigenvalue weighted by Gasteiger charge is -2.31. The van der Waals surface area contributed by atoms with Crippen molar-refractivity contribution in [3.63, 3.8) is 0 Å². The van der Waals surface area contributed by atoms with Crippen molar-refractivity contribution in [2.24, 2.45) is 0 Å². The smallest absolute Gasteiger partial charge is 0.340 e. The van der Waals surface area contributed by atoms with Crippen molar-refractivity contribution in [1.29, 1.82) is 0 Å². The maximum atomic E-state index is 13.8. The molecule has 1 aromatic carbocycles. The fourth-order valence-corrected chi connectivity index (χ4v) is 2.48. The molecule has 0 amide bonds. The maximum Gasteiger partial charge on any atom is 0.340 e. The molecule has 110 valence electrons. The summed E-state index contributed by atoms with van der Waals surface area (Å²) in [4.78, 5) is 13.5. The van der Waals surface area contributed by atoms with Crippen molar-refractivity contribution in [3.8, 4) is 0 Å². The number of carbonyl (C=O) groups excluding carboxylic acids is 1. The standard InChI is InChI=1S/C15H20FNO3/c1-17(12-5-7-20-8-6-12)10-11-3-4-13(14(16)9-11)15(18)19-2/h3-4,9,12H,5-8,10H2,1-2H3. The molecule has 20 heavy (non-hydrogen) atoms. The van der Waals surface area contributed by atoms with Crippen molar-refractivity contribution in [2.45, 2.75) is 25.4 Å². The molecule has 0 spiro atoms. The summed E-state index contributed by atoms with van der Waals surface area (Å²) in [6, 6.07) is 5.12. The van der Waals surface area contributed by atoms with Crippen LogP contribution in [0.4, 0.5) is 4.39 Å². The molecule has 2 rings (SSSR count). The van der Waals surface area contributed by atoms with E-state index in [9.17, 15) is 9.18 Å². The van der Waals surface area contributed by atoms with Gasteiger partial charge in [0.15, 0.2) is 0 Å². The Kier molecular flexibility index (Phi) is 5.09. The zero-order chi connectivity index (χ0) is 14.5. The van der Waals surface area contributed by atoms with E-state index in [1.165, 1.54) is 19.2 Å². The van der Waals surface area contributed by atoms with Gasteiger partial charge < -0.3 is 9.47 Å². The number of hydrogen-bond acceptors (Lipinski definition) is 4. The first-order valence-electron chi connectivity index (χ1n) is 6.76. The number of methoxy groups -OCH3 is 1. The Morgan fingerprint density at radius 1 is 1.45 bits per heavy atom. The first-order chi connectivity index (χ1) is 9.61. The molecule has 0 bridgehead atoms. The highest BCUT2D eigenvalue weighted by Crippen LogP contribution is 2.17. The first-order valence-corrected chi connectivity index (χ1v) is 6.76. The SMILES string of the molecule is COC(=O)c1ccc(CN(C)C2CCOCC2)cc1F.